The van der Waals surface area contributed by atoms with Gasteiger partial charge in [0.2, 0.25) is 0 Å². The van der Waals surface area contributed by atoms with Crippen LogP contribution in [0, 0.1) is 5.21 Å². The fraction of sp³-hybridized carbons (Fsp3) is 0.235. The zero-order valence-electron chi connectivity index (χ0n) is 14.3. The zero-order valence-corrected chi connectivity index (χ0v) is 15.1. The van der Waals surface area contributed by atoms with Crippen LogP contribution in [0.2, 0.25) is 0 Å². The average molecular weight is 381 g/mol. The van der Waals surface area contributed by atoms with Crippen molar-refractivity contribution < 1.29 is 33.1 Å². The molecule has 0 saturated carbocycles. The Kier molecular flexibility index (Phi) is 6.32. The van der Waals surface area contributed by atoms with Crippen LogP contribution in [0.5, 0.6) is 5.75 Å². The normalized spacial score (nSPS) is 12.5. The molecule has 26 heavy (non-hydrogen) atoms. The van der Waals surface area contributed by atoms with E-state index in [1.165, 1.54) is 43.5 Å². The molecule has 0 aliphatic rings. The van der Waals surface area contributed by atoms with E-state index in [1.807, 2.05) is 0 Å². The van der Waals surface area contributed by atoms with Gasteiger partial charge >= 0.3 is 5.97 Å². The van der Waals surface area contributed by atoms with Gasteiger partial charge in [-0.3, -0.25) is 0 Å². The molecule has 0 spiro atoms. The van der Waals surface area contributed by atoms with Gasteiger partial charge < -0.3 is 14.7 Å². The molecule has 1 unspecified atom stereocenters. The number of quaternary nitrogens is 1. The van der Waals surface area contributed by atoms with E-state index in [1.54, 1.807) is 6.92 Å². The van der Waals surface area contributed by atoms with Crippen molar-refractivity contribution in [1.29, 1.82) is 0 Å². The number of hydrogen-bond acceptors (Lipinski definition) is 7. The Morgan fingerprint density at radius 1 is 1.19 bits per heavy atom. The van der Waals surface area contributed by atoms with E-state index in [9.17, 15) is 23.6 Å². The minimum absolute atomic E-state index is 0.0455. The summed E-state index contributed by atoms with van der Waals surface area (Å²) >= 11 is 0. The quantitative estimate of drug-likeness (QED) is 0.547. The van der Waals surface area contributed by atoms with Crippen molar-refractivity contribution in [2.24, 2.45) is 0 Å². The van der Waals surface area contributed by atoms with Crippen molar-refractivity contribution in [1.82, 2.24) is 0 Å². The molecule has 2 N–H and O–H groups in total. The van der Waals surface area contributed by atoms with E-state index in [0.717, 1.165) is 6.07 Å². The van der Waals surface area contributed by atoms with Crippen molar-refractivity contribution in [3.05, 3.63) is 58.8 Å². The molecule has 140 valence electrons. The lowest BCUT2D eigenvalue weighted by Gasteiger charge is -2.17. The first-order chi connectivity index (χ1) is 12.3. The summed E-state index contributed by atoms with van der Waals surface area (Å²) in [7, 11) is -2.31. The SMILES string of the molecule is CCOC(=O)c1ccc(CS(=O)(=O)c2ccc(OC)cc2)c([NH+]([O-])O)c1. The van der Waals surface area contributed by atoms with Crippen LogP contribution in [0.1, 0.15) is 22.8 Å². The lowest BCUT2D eigenvalue weighted by Crippen LogP contribution is -2.99. The molecule has 0 aromatic heterocycles. The maximum atomic E-state index is 12.6. The van der Waals surface area contributed by atoms with Crippen molar-refractivity contribution in [2.45, 2.75) is 17.6 Å². The van der Waals surface area contributed by atoms with Crippen molar-refractivity contribution in [3.8, 4) is 5.75 Å². The number of benzene rings is 2. The number of carbonyl (C=O) groups excluding carboxylic acids is 1. The highest BCUT2D eigenvalue weighted by Crippen LogP contribution is 2.23. The summed E-state index contributed by atoms with van der Waals surface area (Å²) in [5, 5.41) is 19.5. The first-order valence-electron chi connectivity index (χ1n) is 7.68. The predicted octanol–water partition coefficient (Wildman–Crippen LogP) is 1.25. The standard InChI is InChI=1S/C17H19NO7S/c1-3-25-17(19)12-4-5-13(16(10-12)18(20)21)11-26(22,23)15-8-6-14(24-2)7-9-15/h4-10,18,20H,3,11H2,1-2H3. The molecule has 0 saturated heterocycles. The van der Waals surface area contributed by atoms with E-state index in [-0.39, 0.29) is 28.3 Å². The summed E-state index contributed by atoms with van der Waals surface area (Å²) in [6.45, 7) is 1.78. The molecule has 9 heteroatoms. The summed E-state index contributed by atoms with van der Waals surface area (Å²) in [6, 6.07) is 9.59. The molecule has 1 atom stereocenters. The van der Waals surface area contributed by atoms with E-state index in [2.05, 4.69) is 0 Å². The molecule has 0 bridgehead atoms. The lowest BCUT2D eigenvalue weighted by atomic mass is 10.1. The molecular weight excluding hydrogens is 362 g/mol. The Labute approximate surface area is 151 Å². The number of esters is 1. The Morgan fingerprint density at radius 3 is 2.38 bits per heavy atom. The van der Waals surface area contributed by atoms with Gasteiger partial charge in [-0.15, -0.1) is 0 Å². The number of hydrogen-bond donors (Lipinski definition) is 2. The lowest BCUT2D eigenvalue weighted by molar-refractivity contribution is -0.991. The maximum Gasteiger partial charge on any atom is 0.338 e. The van der Waals surface area contributed by atoms with Gasteiger partial charge in [-0.05, 0) is 37.3 Å². The number of ether oxygens (including phenoxy) is 2. The molecule has 0 amide bonds. The summed E-state index contributed by atoms with van der Waals surface area (Å²) in [5.41, 5.74) is -0.121. The van der Waals surface area contributed by atoms with Crippen LogP contribution in [0.4, 0.5) is 5.69 Å². The van der Waals surface area contributed by atoms with Gasteiger partial charge in [-0.25, -0.2) is 18.4 Å². The van der Waals surface area contributed by atoms with Crippen molar-refractivity contribution >= 4 is 21.5 Å². The average Bonchev–Trinajstić information content (AvgIpc) is 2.61. The minimum Gasteiger partial charge on any atom is -0.595 e. The fourth-order valence-electron chi connectivity index (χ4n) is 2.31. The van der Waals surface area contributed by atoms with Gasteiger partial charge in [0.1, 0.15) is 5.75 Å². The molecular formula is C17H19NO7S. The molecule has 0 fully saturated rings. The number of rotatable bonds is 7. The van der Waals surface area contributed by atoms with Crippen LogP contribution < -0.4 is 9.96 Å². The molecule has 0 aliphatic carbocycles. The van der Waals surface area contributed by atoms with Gasteiger partial charge in [-0.1, -0.05) is 6.07 Å². The number of sulfone groups is 1. The highest BCUT2D eigenvalue weighted by Gasteiger charge is 2.22. The molecule has 0 radical (unpaired) electrons. The fourth-order valence-corrected chi connectivity index (χ4v) is 3.69. The Morgan fingerprint density at radius 2 is 1.85 bits per heavy atom. The Bertz CT molecular complexity index is 876. The molecule has 0 aliphatic heterocycles. The van der Waals surface area contributed by atoms with Gasteiger partial charge in [0.05, 0.1) is 29.9 Å². The summed E-state index contributed by atoms with van der Waals surface area (Å²) < 4.78 is 35.0. The van der Waals surface area contributed by atoms with Gasteiger partial charge in [-0.2, -0.15) is 5.23 Å². The van der Waals surface area contributed by atoms with Crippen LogP contribution >= 0.6 is 0 Å². The molecule has 8 nitrogen and oxygen atoms in total. The molecule has 2 rings (SSSR count). The minimum atomic E-state index is -3.77. The number of methoxy groups -OCH3 is 1. The van der Waals surface area contributed by atoms with Crippen molar-refractivity contribution in [3.63, 3.8) is 0 Å². The second-order valence-electron chi connectivity index (χ2n) is 5.33. The second kappa shape index (κ2) is 8.28. The number of nitrogens with one attached hydrogen (secondary N) is 1. The van der Waals surface area contributed by atoms with E-state index in [0.29, 0.717) is 5.75 Å². The van der Waals surface area contributed by atoms with Crippen LogP contribution in [0.15, 0.2) is 47.4 Å². The third-order valence-electron chi connectivity index (χ3n) is 3.62. The second-order valence-corrected chi connectivity index (χ2v) is 7.32. The Hall–Kier alpha value is -2.46. The van der Waals surface area contributed by atoms with E-state index in [4.69, 9.17) is 9.47 Å². The third kappa shape index (κ3) is 4.58. The summed E-state index contributed by atoms with van der Waals surface area (Å²) in [6.07, 6.45) is 0. The van der Waals surface area contributed by atoms with Gasteiger partial charge in [0.15, 0.2) is 15.5 Å². The van der Waals surface area contributed by atoms with Crippen molar-refractivity contribution in [2.75, 3.05) is 13.7 Å². The van der Waals surface area contributed by atoms with Gasteiger partial charge in [0.25, 0.3) is 0 Å². The van der Waals surface area contributed by atoms with E-state index >= 15 is 0 Å². The smallest absolute Gasteiger partial charge is 0.338 e. The Balaban J connectivity index is 2.36. The van der Waals surface area contributed by atoms with E-state index < -0.39 is 26.8 Å². The topological polar surface area (TPSA) is 117 Å². The molecule has 2 aromatic rings. The highest BCUT2D eigenvalue weighted by molar-refractivity contribution is 7.90. The van der Waals surface area contributed by atoms with Gasteiger partial charge in [0, 0.05) is 11.6 Å². The summed E-state index contributed by atoms with van der Waals surface area (Å²) in [4.78, 5) is 11.8. The van der Waals surface area contributed by atoms with Crippen LogP contribution in [-0.2, 0) is 20.3 Å². The first kappa shape index (κ1) is 19.9. The first-order valence-corrected chi connectivity index (χ1v) is 9.34. The van der Waals surface area contributed by atoms with Crippen LogP contribution in [0.25, 0.3) is 0 Å². The molecule has 0 heterocycles. The summed E-state index contributed by atoms with van der Waals surface area (Å²) in [5.74, 6) is -0.669. The third-order valence-corrected chi connectivity index (χ3v) is 5.30. The maximum absolute atomic E-state index is 12.6. The monoisotopic (exact) mass is 381 g/mol. The zero-order chi connectivity index (χ0) is 19.3. The van der Waals surface area contributed by atoms with Crippen LogP contribution in [0.3, 0.4) is 0 Å². The largest absolute Gasteiger partial charge is 0.595 e. The molecule has 2 aromatic carbocycles. The number of carbonyl (C=O) groups is 1. The predicted molar refractivity (Wildman–Crippen MR) is 92.1 cm³/mol. The highest BCUT2D eigenvalue weighted by atomic mass is 32.2. The van der Waals surface area contributed by atoms with Crippen LogP contribution in [-0.4, -0.2) is 33.3 Å².